The van der Waals surface area contributed by atoms with Gasteiger partial charge in [-0.1, -0.05) is 54.3 Å². The normalized spacial score (nSPS) is 19.9. The standard InChI is InChI=1S/C26H40N5/c1-19(12-13-22-21(3)11-8-15-26(22,4)5)9-7-10-20(2)14-16-31-18-30(6)25-23(31)24(27)28-17-29-25/h9,14,17-18,22H,3,7-8,10-13,15-16H2,1-2,4-6H3,(H2,27,28,29)/q+1/b19-9+,20-14+/t22-/m1/s1. The van der Waals surface area contributed by atoms with Crippen LogP contribution in [0.5, 0.6) is 0 Å². The monoisotopic (exact) mass is 422 g/mol. The molecule has 0 aromatic carbocycles. The van der Waals surface area contributed by atoms with E-state index in [0.29, 0.717) is 17.2 Å². The summed E-state index contributed by atoms with van der Waals surface area (Å²) in [5.74, 6) is 1.19. The van der Waals surface area contributed by atoms with Gasteiger partial charge >= 0.3 is 5.65 Å². The summed E-state index contributed by atoms with van der Waals surface area (Å²) in [6, 6.07) is 0. The highest BCUT2D eigenvalue weighted by Crippen LogP contribution is 2.45. The third kappa shape index (κ3) is 5.63. The Hall–Kier alpha value is -2.43. The molecule has 2 N–H and O–H groups in total. The molecule has 0 saturated heterocycles. The Kier molecular flexibility index (Phi) is 7.34. The molecular formula is C26H40N5+. The van der Waals surface area contributed by atoms with E-state index in [2.05, 4.69) is 61.0 Å². The van der Waals surface area contributed by atoms with Crippen molar-refractivity contribution in [3.63, 3.8) is 0 Å². The number of nitrogens with two attached hydrogens (primary N) is 1. The van der Waals surface area contributed by atoms with Crippen molar-refractivity contribution in [3.8, 4) is 0 Å². The van der Waals surface area contributed by atoms with Crippen LogP contribution >= 0.6 is 0 Å². The minimum Gasteiger partial charge on any atom is -0.380 e. The van der Waals surface area contributed by atoms with Crippen LogP contribution in [0.1, 0.15) is 72.6 Å². The third-order valence-electron chi connectivity index (χ3n) is 7.02. The zero-order chi connectivity index (χ0) is 22.6. The number of allylic oxidation sites excluding steroid dienone is 5. The highest BCUT2D eigenvalue weighted by atomic mass is 15.2. The number of anilines is 1. The number of hydrogen-bond acceptors (Lipinski definition) is 3. The van der Waals surface area contributed by atoms with E-state index < -0.39 is 0 Å². The fourth-order valence-corrected chi connectivity index (χ4v) is 5.02. The molecule has 1 aliphatic rings. The van der Waals surface area contributed by atoms with Gasteiger partial charge in [0.2, 0.25) is 5.52 Å². The maximum absolute atomic E-state index is 6.08. The van der Waals surface area contributed by atoms with Gasteiger partial charge in [-0.25, -0.2) is 4.57 Å². The van der Waals surface area contributed by atoms with Crippen molar-refractivity contribution in [1.82, 2.24) is 14.5 Å². The summed E-state index contributed by atoms with van der Waals surface area (Å²) in [5.41, 5.74) is 12.6. The quantitative estimate of drug-likeness (QED) is 0.440. The van der Waals surface area contributed by atoms with Crippen molar-refractivity contribution in [2.45, 2.75) is 79.2 Å². The molecule has 2 heterocycles. The maximum Gasteiger partial charge on any atom is 0.307 e. The lowest BCUT2D eigenvalue weighted by atomic mass is 9.65. The Bertz CT molecular complexity index is 993. The van der Waals surface area contributed by atoms with E-state index in [1.165, 1.54) is 55.2 Å². The molecule has 0 amide bonds. The van der Waals surface area contributed by atoms with E-state index in [0.717, 1.165) is 30.6 Å². The molecule has 1 saturated carbocycles. The third-order valence-corrected chi connectivity index (χ3v) is 7.02. The highest BCUT2D eigenvalue weighted by Gasteiger charge is 2.33. The lowest BCUT2D eigenvalue weighted by Crippen LogP contribution is -2.29. The lowest BCUT2D eigenvalue weighted by molar-refractivity contribution is -0.647. The molecule has 0 unspecified atom stereocenters. The molecule has 1 atom stereocenters. The van der Waals surface area contributed by atoms with Gasteiger partial charge in [0.25, 0.3) is 0 Å². The smallest absolute Gasteiger partial charge is 0.307 e. The van der Waals surface area contributed by atoms with Crippen LogP contribution in [0.2, 0.25) is 0 Å². The fourth-order valence-electron chi connectivity index (χ4n) is 5.02. The lowest BCUT2D eigenvalue weighted by Gasteiger charge is -2.40. The van der Waals surface area contributed by atoms with Crippen molar-refractivity contribution in [1.29, 1.82) is 0 Å². The second kappa shape index (κ2) is 9.80. The van der Waals surface area contributed by atoms with Gasteiger partial charge in [-0.15, -0.1) is 0 Å². The predicted octanol–water partition coefficient (Wildman–Crippen LogP) is 5.67. The molecule has 0 bridgehead atoms. The zero-order valence-corrected chi connectivity index (χ0v) is 20.1. The molecule has 2 aromatic heterocycles. The number of nitrogen functional groups attached to an aromatic ring is 1. The minimum absolute atomic E-state index is 0.405. The molecule has 1 fully saturated rings. The highest BCUT2D eigenvalue weighted by molar-refractivity contribution is 5.79. The molecule has 3 rings (SSSR count). The molecule has 0 aliphatic heterocycles. The Labute approximate surface area is 187 Å². The van der Waals surface area contributed by atoms with Gasteiger partial charge in [0, 0.05) is 0 Å². The first-order valence-electron chi connectivity index (χ1n) is 11.6. The van der Waals surface area contributed by atoms with Gasteiger partial charge in [-0.3, -0.25) is 4.57 Å². The van der Waals surface area contributed by atoms with E-state index in [-0.39, 0.29) is 0 Å². The zero-order valence-electron chi connectivity index (χ0n) is 20.1. The number of fused-ring (bicyclic) bond motifs is 1. The largest absolute Gasteiger partial charge is 0.380 e. The maximum atomic E-state index is 6.08. The number of aryl methyl sites for hydroxylation is 1. The molecule has 0 radical (unpaired) electrons. The van der Waals surface area contributed by atoms with Gasteiger partial charge in [0.1, 0.15) is 0 Å². The van der Waals surface area contributed by atoms with Crippen LogP contribution in [-0.4, -0.2) is 14.5 Å². The van der Waals surface area contributed by atoms with E-state index in [1.807, 2.05) is 17.9 Å². The van der Waals surface area contributed by atoms with Crippen molar-refractivity contribution < 1.29 is 4.57 Å². The van der Waals surface area contributed by atoms with Crippen LogP contribution in [0, 0.1) is 11.3 Å². The van der Waals surface area contributed by atoms with Gasteiger partial charge in [0.15, 0.2) is 18.5 Å². The number of rotatable bonds is 8. The first kappa shape index (κ1) is 23.2. The molecule has 31 heavy (non-hydrogen) atoms. The summed E-state index contributed by atoms with van der Waals surface area (Å²) in [6.07, 6.45) is 16.7. The predicted molar refractivity (Wildman–Crippen MR) is 129 cm³/mol. The summed E-state index contributed by atoms with van der Waals surface area (Å²) < 4.78 is 4.11. The first-order valence-corrected chi connectivity index (χ1v) is 11.6. The van der Waals surface area contributed by atoms with Crippen molar-refractivity contribution in [2.75, 3.05) is 5.73 Å². The molecular weight excluding hydrogens is 382 g/mol. The second-order valence-corrected chi connectivity index (χ2v) is 10.0. The molecule has 5 nitrogen and oxygen atoms in total. The molecule has 168 valence electrons. The molecule has 5 heteroatoms. The second-order valence-electron chi connectivity index (χ2n) is 10.0. The summed E-state index contributed by atoms with van der Waals surface area (Å²) in [7, 11) is 1.99. The topological polar surface area (TPSA) is 60.6 Å². The van der Waals surface area contributed by atoms with Crippen molar-refractivity contribution >= 4 is 17.0 Å². The first-order chi connectivity index (χ1) is 14.7. The van der Waals surface area contributed by atoms with Crippen molar-refractivity contribution in [2.24, 2.45) is 18.4 Å². The molecule has 0 spiro atoms. The van der Waals surface area contributed by atoms with E-state index >= 15 is 0 Å². The number of nitrogens with zero attached hydrogens (tertiary/aromatic N) is 4. The number of aromatic nitrogens is 4. The average Bonchev–Trinajstić information content (AvgIpc) is 3.02. The molecule has 2 aromatic rings. The molecule has 1 aliphatic carbocycles. The number of imidazole rings is 1. The van der Waals surface area contributed by atoms with Gasteiger partial charge < -0.3 is 5.73 Å². The Morgan fingerprint density at radius 2 is 2.00 bits per heavy atom. The summed E-state index contributed by atoms with van der Waals surface area (Å²) in [5, 5.41) is 0. The summed E-state index contributed by atoms with van der Waals surface area (Å²) in [6.45, 7) is 14.5. The SMILES string of the molecule is C=C1CCCC(C)(C)[C@@H]1CC/C(C)=C/CC/C(C)=C/Cn1c[n+](C)c2ncnc(N)c21. The van der Waals surface area contributed by atoms with E-state index in [1.54, 1.807) is 0 Å². The van der Waals surface area contributed by atoms with E-state index in [4.69, 9.17) is 5.73 Å². The summed E-state index contributed by atoms with van der Waals surface area (Å²) in [4.78, 5) is 8.48. The minimum atomic E-state index is 0.405. The van der Waals surface area contributed by atoms with Gasteiger partial charge in [-0.2, -0.15) is 4.98 Å². The Morgan fingerprint density at radius 1 is 1.26 bits per heavy atom. The van der Waals surface area contributed by atoms with Gasteiger partial charge in [0.05, 0.1) is 13.6 Å². The van der Waals surface area contributed by atoms with Gasteiger partial charge in [-0.05, 0) is 70.1 Å². The number of hydrogen-bond donors (Lipinski definition) is 1. The van der Waals surface area contributed by atoms with Crippen LogP contribution in [-0.2, 0) is 13.6 Å². The van der Waals surface area contributed by atoms with Crippen LogP contribution in [0.4, 0.5) is 5.82 Å². The van der Waals surface area contributed by atoms with Crippen LogP contribution in [0.25, 0.3) is 11.2 Å². The Balaban J connectivity index is 1.51. The fraction of sp³-hybridized carbons (Fsp3) is 0.577. The average molecular weight is 423 g/mol. The van der Waals surface area contributed by atoms with Crippen molar-refractivity contribution in [3.05, 3.63) is 48.1 Å². The van der Waals surface area contributed by atoms with Crippen LogP contribution in [0.15, 0.2) is 48.1 Å². The Morgan fingerprint density at radius 3 is 2.74 bits per heavy atom. The van der Waals surface area contributed by atoms with Crippen LogP contribution < -0.4 is 10.3 Å². The van der Waals surface area contributed by atoms with Crippen LogP contribution in [0.3, 0.4) is 0 Å². The summed E-state index contributed by atoms with van der Waals surface area (Å²) >= 11 is 0. The van der Waals surface area contributed by atoms with E-state index in [9.17, 15) is 0 Å².